The van der Waals surface area contributed by atoms with E-state index < -0.39 is 32.4 Å². The van der Waals surface area contributed by atoms with E-state index in [1.54, 1.807) is 0 Å². The van der Waals surface area contributed by atoms with Crippen LogP contribution in [-0.4, -0.2) is 47.9 Å². The number of carboxylic acid groups (broad SMARTS) is 1. The molecule has 0 amide bonds. The number of nitrogens with two attached hydrogens (primary N) is 2. The van der Waals surface area contributed by atoms with Gasteiger partial charge in [-0.15, -0.1) is 11.3 Å². The maximum atomic E-state index is 14.3. The minimum Gasteiger partial charge on any atom is -0.476 e. The summed E-state index contributed by atoms with van der Waals surface area (Å²) in [4.78, 5) is 29.8. The highest BCUT2D eigenvalue weighted by molar-refractivity contribution is 8.13. The zero-order valence-corrected chi connectivity index (χ0v) is 17.1. The third kappa shape index (κ3) is 6.40. The Morgan fingerprint density at radius 2 is 2.07 bits per heavy atom. The van der Waals surface area contributed by atoms with E-state index >= 15 is 0 Å². The van der Waals surface area contributed by atoms with Gasteiger partial charge in [-0.2, -0.15) is 0 Å². The van der Waals surface area contributed by atoms with Crippen LogP contribution in [0.5, 0.6) is 0 Å². The number of aromatic carboxylic acids is 1. The summed E-state index contributed by atoms with van der Waals surface area (Å²) in [6.07, 6.45) is -0.246. The number of rotatable bonds is 9. The van der Waals surface area contributed by atoms with Crippen LogP contribution in [0.3, 0.4) is 0 Å². The number of guanidine groups is 1. The van der Waals surface area contributed by atoms with Gasteiger partial charge in [0, 0.05) is 12.2 Å². The standard InChI is InChI=1S/C15H16FN5O5S3/c16-10-6-9(29(25,26)21-13-12(14(23)24)20-7-28-13)2-1-8(10)5-11(22)27-4-3-19-15(17)18/h1-2,6-7,21H,3-5H2,(H,23,24)(H4,17,18,19). The van der Waals surface area contributed by atoms with Gasteiger partial charge in [-0.05, 0) is 17.7 Å². The fraction of sp³-hybridized carbons (Fsp3) is 0.200. The molecule has 156 valence electrons. The average molecular weight is 462 g/mol. The van der Waals surface area contributed by atoms with E-state index in [0.717, 1.165) is 35.2 Å². The van der Waals surface area contributed by atoms with Gasteiger partial charge >= 0.3 is 5.97 Å². The molecule has 1 aromatic carbocycles. The number of thioether (sulfide) groups is 1. The molecule has 0 spiro atoms. The molecule has 0 radical (unpaired) electrons. The smallest absolute Gasteiger partial charge is 0.357 e. The second-order valence-electron chi connectivity index (χ2n) is 5.40. The number of benzene rings is 1. The number of hydrogen-bond donors (Lipinski definition) is 4. The number of thiazole rings is 1. The molecule has 0 bridgehead atoms. The normalized spacial score (nSPS) is 11.1. The molecule has 0 aliphatic heterocycles. The largest absolute Gasteiger partial charge is 0.476 e. The van der Waals surface area contributed by atoms with Crippen LogP contribution in [0.4, 0.5) is 9.39 Å². The molecule has 0 atom stereocenters. The topological polar surface area (TPSA) is 178 Å². The first-order valence-corrected chi connectivity index (χ1v) is 11.1. The van der Waals surface area contributed by atoms with E-state index in [1.165, 1.54) is 11.6 Å². The highest BCUT2D eigenvalue weighted by atomic mass is 32.2. The summed E-state index contributed by atoms with van der Waals surface area (Å²) in [5.41, 5.74) is 11.1. The molecule has 1 heterocycles. The quantitative estimate of drug-likeness (QED) is 0.239. The lowest BCUT2D eigenvalue weighted by Gasteiger charge is -2.09. The first kappa shape index (κ1) is 22.6. The van der Waals surface area contributed by atoms with Gasteiger partial charge in [-0.1, -0.05) is 17.8 Å². The van der Waals surface area contributed by atoms with Crippen LogP contribution in [0.1, 0.15) is 16.1 Å². The molecule has 0 saturated heterocycles. The second-order valence-corrected chi connectivity index (χ2v) is 9.09. The van der Waals surface area contributed by atoms with Gasteiger partial charge < -0.3 is 16.6 Å². The number of carboxylic acids is 1. The molecule has 14 heteroatoms. The van der Waals surface area contributed by atoms with Crippen molar-refractivity contribution in [1.82, 2.24) is 4.98 Å². The summed E-state index contributed by atoms with van der Waals surface area (Å²) in [7, 11) is -4.24. The summed E-state index contributed by atoms with van der Waals surface area (Å²) in [5, 5.41) is 8.45. The molecule has 0 aliphatic carbocycles. The van der Waals surface area contributed by atoms with Crippen LogP contribution in [0.2, 0.25) is 0 Å². The third-order valence-corrected chi connectivity index (χ3v) is 6.39. The summed E-state index contributed by atoms with van der Waals surface area (Å²) < 4.78 is 41.2. The van der Waals surface area contributed by atoms with Crippen LogP contribution in [0, 0.1) is 5.82 Å². The predicted octanol–water partition coefficient (Wildman–Crippen LogP) is 0.857. The van der Waals surface area contributed by atoms with Crippen molar-refractivity contribution in [3.8, 4) is 0 Å². The Morgan fingerprint density at radius 3 is 2.69 bits per heavy atom. The predicted molar refractivity (Wildman–Crippen MR) is 108 cm³/mol. The lowest BCUT2D eigenvalue weighted by Crippen LogP contribution is -2.23. The van der Waals surface area contributed by atoms with Crippen LogP contribution >= 0.6 is 23.1 Å². The van der Waals surface area contributed by atoms with Crippen LogP contribution in [0.25, 0.3) is 0 Å². The molecule has 0 saturated carbocycles. The van der Waals surface area contributed by atoms with Gasteiger partial charge in [0.25, 0.3) is 10.0 Å². The van der Waals surface area contributed by atoms with E-state index in [0.29, 0.717) is 5.75 Å². The van der Waals surface area contributed by atoms with Crippen molar-refractivity contribution in [2.24, 2.45) is 16.5 Å². The van der Waals surface area contributed by atoms with E-state index in [9.17, 15) is 22.4 Å². The van der Waals surface area contributed by atoms with Gasteiger partial charge in [-0.25, -0.2) is 22.6 Å². The Balaban J connectivity index is 2.08. The minimum absolute atomic E-state index is 0.0207. The fourth-order valence-electron chi connectivity index (χ4n) is 2.03. The molecule has 0 unspecified atom stereocenters. The Bertz CT molecular complexity index is 1050. The number of aromatic nitrogens is 1. The number of nitrogens with one attached hydrogen (secondary N) is 1. The van der Waals surface area contributed by atoms with Crippen LogP contribution in [-0.2, 0) is 21.2 Å². The van der Waals surface area contributed by atoms with Crippen molar-refractivity contribution in [2.45, 2.75) is 11.3 Å². The summed E-state index contributed by atoms with van der Waals surface area (Å²) >= 11 is 1.70. The van der Waals surface area contributed by atoms with E-state index in [-0.39, 0.29) is 34.6 Å². The van der Waals surface area contributed by atoms with Gasteiger partial charge in [0.1, 0.15) is 10.8 Å². The molecule has 2 aromatic rings. The Kier molecular flexibility index (Phi) is 7.53. The van der Waals surface area contributed by atoms with Crippen molar-refractivity contribution in [1.29, 1.82) is 0 Å². The van der Waals surface area contributed by atoms with Gasteiger partial charge in [-0.3, -0.25) is 14.5 Å². The average Bonchev–Trinajstić information content (AvgIpc) is 3.08. The number of hydrogen-bond acceptors (Lipinski definition) is 8. The minimum atomic E-state index is -4.24. The highest BCUT2D eigenvalue weighted by Crippen LogP contribution is 2.25. The molecule has 0 aliphatic rings. The number of aliphatic imine (C=N–C) groups is 1. The first-order valence-electron chi connectivity index (χ1n) is 7.79. The lowest BCUT2D eigenvalue weighted by molar-refractivity contribution is -0.110. The van der Waals surface area contributed by atoms with Crippen molar-refractivity contribution in [3.63, 3.8) is 0 Å². The molecular weight excluding hydrogens is 445 g/mol. The van der Waals surface area contributed by atoms with Crippen molar-refractivity contribution < 1.29 is 27.5 Å². The molecule has 2 rings (SSSR count). The summed E-state index contributed by atoms with van der Waals surface area (Å²) in [5.74, 6) is -2.06. The molecule has 6 N–H and O–H groups in total. The van der Waals surface area contributed by atoms with E-state index in [2.05, 4.69) is 14.7 Å². The van der Waals surface area contributed by atoms with Crippen LogP contribution < -0.4 is 16.2 Å². The van der Waals surface area contributed by atoms with E-state index in [1.807, 2.05) is 0 Å². The molecule has 10 nitrogen and oxygen atoms in total. The number of anilines is 1. The first-order chi connectivity index (χ1) is 13.6. The third-order valence-electron chi connectivity index (χ3n) is 3.32. The maximum absolute atomic E-state index is 14.3. The van der Waals surface area contributed by atoms with Crippen molar-refractivity contribution in [2.75, 3.05) is 17.0 Å². The van der Waals surface area contributed by atoms with Gasteiger partial charge in [0.15, 0.2) is 16.8 Å². The monoisotopic (exact) mass is 461 g/mol. The van der Waals surface area contributed by atoms with Gasteiger partial charge in [0.05, 0.1) is 17.0 Å². The van der Waals surface area contributed by atoms with Crippen molar-refractivity contribution >= 4 is 55.2 Å². The summed E-state index contributed by atoms with van der Waals surface area (Å²) in [6, 6.07) is 3.07. The second kappa shape index (κ2) is 9.67. The number of halogens is 1. The Labute approximate surface area is 173 Å². The Morgan fingerprint density at radius 1 is 1.34 bits per heavy atom. The number of carbonyl (C=O) groups excluding carboxylic acids is 1. The fourth-order valence-corrected chi connectivity index (χ4v) is 4.70. The zero-order chi connectivity index (χ0) is 21.6. The highest BCUT2D eigenvalue weighted by Gasteiger charge is 2.22. The molecule has 0 fully saturated rings. The van der Waals surface area contributed by atoms with Gasteiger partial charge in [0.2, 0.25) is 0 Å². The van der Waals surface area contributed by atoms with Crippen molar-refractivity contribution in [3.05, 3.63) is 40.8 Å². The number of sulfonamides is 1. The summed E-state index contributed by atoms with van der Waals surface area (Å²) in [6.45, 7) is 0.236. The van der Waals surface area contributed by atoms with Crippen LogP contribution in [0.15, 0.2) is 33.6 Å². The Hall–Kier alpha value is -2.71. The molecular formula is C15H16FN5O5S3. The number of nitrogens with zero attached hydrogens (tertiary/aromatic N) is 2. The van der Waals surface area contributed by atoms with E-state index in [4.69, 9.17) is 16.6 Å². The zero-order valence-electron chi connectivity index (χ0n) is 14.7. The maximum Gasteiger partial charge on any atom is 0.357 e. The molecule has 1 aromatic heterocycles. The molecule has 29 heavy (non-hydrogen) atoms. The lowest BCUT2D eigenvalue weighted by atomic mass is 10.1. The SMILES string of the molecule is NC(N)=NCCSC(=O)Cc1ccc(S(=O)(=O)Nc2scnc2C(=O)O)cc1F. The number of carbonyl (C=O) groups is 2.